The average molecular weight is 576 g/mol. The van der Waals surface area contributed by atoms with E-state index in [1.165, 1.54) is 23.5 Å². The summed E-state index contributed by atoms with van der Waals surface area (Å²) in [4.78, 5) is 4.82. The highest BCUT2D eigenvalue weighted by atomic mass is 32.2. The number of H-pyrrole nitrogens is 1. The van der Waals surface area contributed by atoms with E-state index in [1.54, 1.807) is 16.6 Å². The number of benzene rings is 2. The maximum atomic E-state index is 11.5. The normalized spacial score (nSPS) is 12.9. The average Bonchev–Trinajstić information content (AvgIpc) is 3.53. The Hall–Kier alpha value is -3.25. The summed E-state index contributed by atoms with van der Waals surface area (Å²) in [5.41, 5.74) is 3.48. The summed E-state index contributed by atoms with van der Waals surface area (Å²) in [5, 5.41) is 33.2. The molecule has 3 aromatic heterocycles. The van der Waals surface area contributed by atoms with Crippen molar-refractivity contribution in [3.8, 4) is 11.4 Å². The number of rotatable bonds is 7. The summed E-state index contributed by atoms with van der Waals surface area (Å²) in [5.74, 6) is 0.568. The first-order chi connectivity index (χ1) is 18.0. The minimum absolute atomic E-state index is 0.242. The van der Waals surface area contributed by atoms with Gasteiger partial charge in [0.25, 0.3) is 10.1 Å². The molecule has 16 heteroatoms. The molecule has 13 nitrogen and oxygen atoms in total. The minimum Gasteiger partial charge on any atom is -0.292 e. The number of azo groups is 1. The van der Waals surface area contributed by atoms with Crippen LogP contribution < -0.4 is 0 Å². The predicted octanol–water partition coefficient (Wildman–Crippen LogP) is 6.03. The number of nitrogens with zero attached hydrogens (tertiary/aromatic N) is 6. The Morgan fingerprint density at radius 1 is 1.13 bits per heavy atom. The standard InChI is InChI=1S/C22H21N7O6S3/c1-11-9-12(37-35-34-30)5-7-14(11)19-25-26-20-17(18(22(2,3)4)28-29(19)20)24-27-21-23-15-10-13(38(31,32)33)6-8-16(15)36-21/h5-10,28,30H,1-4H3,(H,31,32,33). The molecule has 0 radical (unpaired) electrons. The second kappa shape index (κ2) is 9.81. The molecule has 0 saturated heterocycles. The predicted molar refractivity (Wildman–Crippen MR) is 140 cm³/mol. The van der Waals surface area contributed by atoms with Crippen molar-refractivity contribution >= 4 is 60.2 Å². The van der Waals surface area contributed by atoms with Crippen molar-refractivity contribution in [3.63, 3.8) is 0 Å². The lowest BCUT2D eigenvalue weighted by atomic mass is 9.91. The summed E-state index contributed by atoms with van der Waals surface area (Å²) in [7, 11) is -4.34. The van der Waals surface area contributed by atoms with Crippen LogP contribution in [0.15, 0.2) is 56.4 Å². The van der Waals surface area contributed by atoms with Crippen LogP contribution in [0.1, 0.15) is 32.0 Å². The van der Waals surface area contributed by atoms with Gasteiger partial charge in [-0.1, -0.05) is 37.1 Å². The van der Waals surface area contributed by atoms with Crippen LogP contribution in [0, 0.1) is 6.92 Å². The van der Waals surface area contributed by atoms with Gasteiger partial charge in [-0.2, -0.15) is 8.42 Å². The molecule has 0 saturated carbocycles. The van der Waals surface area contributed by atoms with Crippen LogP contribution in [0.5, 0.6) is 0 Å². The molecule has 0 spiro atoms. The fraction of sp³-hybridized carbons (Fsp3) is 0.227. The third kappa shape index (κ3) is 5.06. The third-order valence-electron chi connectivity index (χ3n) is 5.57. The number of hydrogen-bond donors (Lipinski definition) is 3. The van der Waals surface area contributed by atoms with Crippen LogP contribution in [0.2, 0.25) is 0 Å². The van der Waals surface area contributed by atoms with E-state index in [9.17, 15) is 13.0 Å². The van der Waals surface area contributed by atoms with E-state index in [0.29, 0.717) is 32.5 Å². The Morgan fingerprint density at radius 2 is 1.92 bits per heavy atom. The Balaban J connectivity index is 1.56. The first-order valence-electron chi connectivity index (χ1n) is 11.0. The Kier molecular flexibility index (Phi) is 6.80. The van der Waals surface area contributed by atoms with E-state index in [4.69, 9.17) is 5.26 Å². The Labute approximate surface area is 224 Å². The maximum Gasteiger partial charge on any atom is 0.294 e. The van der Waals surface area contributed by atoms with Crippen molar-refractivity contribution < 1.29 is 27.6 Å². The molecule has 0 aliphatic carbocycles. The fourth-order valence-corrected chi connectivity index (χ4v) is 5.52. The summed E-state index contributed by atoms with van der Waals surface area (Å²) >= 11 is 2.09. The summed E-state index contributed by atoms with van der Waals surface area (Å²) in [6, 6.07) is 9.66. The molecular weight excluding hydrogens is 554 g/mol. The molecule has 3 heterocycles. The molecule has 0 bridgehead atoms. The van der Waals surface area contributed by atoms with Gasteiger partial charge in [0.15, 0.2) is 11.5 Å². The van der Waals surface area contributed by atoms with E-state index in [1.807, 2.05) is 39.8 Å². The highest BCUT2D eigenvalue weighted by Crippen LogP contribution is 2.38. The van der Waals surface area contributed by atoms with Crippen molar-refractivity contribution in [2.24, 2.45) is 10.2 Å². The smallest absolute Gasteiger partial charge is 0.292 e. The number of hydrogen-bond acceptors (Lipinski definition) is 12. The van der Waals surface area contributed by atoms with Gasteiger partial charge in [0.2, 0.25) is 10.8 Å². The molecular formula is C22H21N7O6S3. The number of fused-ring (bicyclic) bond motifs is 2. The summed E-state index contributed by atoms with van der Waals surface area (Å²) < 4.78 is 39.2. The topological polar surface area (TPSA) is 177 Å². The highest BCUT2D eigenvalue weighted by molar-refractivity contribution is 7.94. The third-order valence-corrected chi connectivity index (χ3v) is 7.91. The molecule has 5 aromatic rings. The fourth-order valence-electron chi connectivity index (χ4n) is 3.80. The first kappa shape index (κ1) is 26.4. The van der Waals surface area contributed by atoms with Crippen molar-refractivity contribution in [1.29, 1.82) is 0 Å². The molecule has 3 N–H and O–H groups in total. The molecule has 0 unspecified atom stereocenters. The molecule has 198 valence electrons. The number of aryl methyl sites for hydroxylation is 1. The van der Waals surface area contributed by atoms with Crippen LogP contribution in [0.25, 0.3) is 27.3 Å². The van der Waals surface area contributed by atoms with E-state index >= 15 is 0 Å². The molecule has 38 heavy (non-hydrogen) atoms. The molecule has 5 rings (SSSR count). The van der Waals surface area contributed by atoms with Crippen LogP contribution >= 0.6 is 23.4 Å². The molecule has 0 aliphatic heterocycles. The lowest BCUT2D eigenvalue weighted by Crippen LogP contribution is -2.12. The zero-order valence-electron chi connectivity index (χ0n) is 20.4. The lowest BCUT2D eigenvalue weighted by Gasteiger charge is -2.16. The SMILES string of the molecule is Cc1cc(SOOO)ccc1-c1nnc2c(N=Nc3nc4cc(S(=O)(=O)O)ccc4s3)c(C(C)(C)C)[nH]n12. The van der Waals surface area contributed by atoms with Gasteiger partial charge in [-0.3, -0.25) is 9.65 Å². The van der Waals surface area contributed by atoms with Gasteiger partial charge >= 0.3 is 0 Å². The van der Waals surface area contributed by atoms with E-state index in [-0.39, 0.29) is 10.3 Å². The second-order valence-electron chi connectivity index (χ2n) is 9.27. The Bertz CT molecular complexity index is 1800. The Morgan fingerprint density at radius 3 is 2.61 bits per heavy atom. The van der Waals surface area contributed by atoms with Crippen molar-refractivity contribution in [1.82, 2.24) is 24.8 Å². The highest BCUT2D eigenvalue weighted by Gasteiger charge is 2.27. The summed E-state index contributed by atoms with van der Waals surface area (Å²) in [6.07, 6.45) is 0. The van der Waals surface area contributed by atoms with Gasteiger partial charge in [0, 0.05) is 15.9 Å². The monoisotopic (exact) mass is 575 g/mol. The minimum atomic E-state index is -4.34. The van der Waals surface area contributed by atoms with Gasteiger partial charge in [-0.25, -0.2) is 14.8 Å². The summed E-state index contributed by atoms with van der Waals surface area (Å²) in [6.45, 7) is 7.99. The van der Waals surface area contributed by atoms with Crippen molar-refractivity contribution in [2.75, 3.05) is 0 Å². The molecule has 0 atom stereocenters. The van der Waals surface area contributed by atoms with Crippen LogP contribution in [-0.2, 0) is 24.9 Å². The second-order valence-corrected chi connectivity index (χ2v) is 12.5. The number of aromatic amines is 1. The lowest BCUT2D eigenvalue weighted by molar-refractivity contribution is -0.432. The number of aromatic nitrogens is 5. The van der Waals surface area contributed by atoms with E-state index in [2.05, 4.69) is 39.9 Å². The van der Waals surface area contributed by atoms with Gasteiger partial charge in [-0.15, -0.1) is 24.8 Å². The van der Waals surface area contributed by atoms with Gasteiger partial charge in [0.1, 0.15) is 0 Å². The number of nitrogens with one attached hydrogen (secondary N) is 1. The molecule has 0 aliphatic rings. The van der Waals surface area contributed by atoms with Crippen LogP contribution in [-0.4, -0.2) is 43.0 Å². The zero-order chi connectivity index (χ0) is 27.2. The van der Waals surface area contributed by atoms with E-state index in [0.717, 1.165) is 33.8 Å². The van der Waals surface area contributed by atoms with Crippen LogP contribution in [0.4, 0.5) is 10.8 Å². The molecule has 0 fully saturated rings. The maximum absolute atomic E-state index is 11.5. The first-order valence-corrected chi connectivity index (χ1v) is 14.0. The van der Waals surface area contributed by atoms with Gasteiger partial charge in [-0.05, 0) is 48.9 Å². The van der Waals surface area contributed by atoms with E-state index < -0.39 is 10.1 Å². The number of thiazole rings is 1. The quantitative estimate of drug-likeness (QED) is 0.0682. The zero-order valence-corrected chi connectivity index (χ0v) is 22.8. The van der Waals surface area contributed by atoms with Crippen molar-refractivity contribution in [3.05, 3.63) is 47.7 Å². The molecule has 0 amide bonds. The largest absolute Gasteiger partial charge is 0.294 e. The molecule has 2 aromatic carbocycles. The van der Waals surface area contributed by atoms with Crippen LogP contribution in [0.3, 0.4) is 0 Å². The van der Waals surface area contributed by atoms with Gasteiger partial charge < -0.3 is 0 Å². The van der Waals surface area contributed by atoms with Crippen molar-refractivity contribution in [2.45, 2.75) is 42.9 Å². The van der Waals surface area contributed by atoms with Gasteiger partial charge in [0.05, 0.1) is 32.8 Å².